The molecule has 3 heteroatoms. The number of epoxide rings is 1. The van der Waals surface area contributed by atoms with Crippen molar-refractivity contribution in [2.75, 3.05) is 0 Å². The van der Waals surface area contributed by atoms with Crippen LogP contribution in [0.4, 0.5) is 0 Å². The van der Waals surface area contributed by atoms with Crippen LogP contribution in [0.5, 0.6) is 0 Å². The highest BCUT2D eigenvalue weighted by Gasteiger charge is 2.65. The van der Waals surface area contributed by atoms with Gasteiger partial charge in [-0.3, -0.25) is 4.79 Å². The van der Waals surface area contributed by atoms with Crippen molar-refractivity contribution in [3.05, 3.63) is 153 Å². The second kappa shape index (κ2) is 19.5. The van der Waals surface area contributed by atoms with Gasteiger partial charge in [0.1, 0.15) is 11.7 Å². The van der Waals surface area contributed by atoms with Crippen molar-refractivity contribution >= 4 is 17.9 Å². The number of hydrogen-bond donors (Lipinski definition) is 1. The Bertz CT molecular complexity index is 1880. The molecule has 1 N–H and O–H groups in total. The quantitative estimate of drug-likeness (QED) is 0.167. The molecule has 1 spiro atoms. The number of aryl methyl sites for hydroxylation is 4. The Balaban J connectivity index is 0.000000450. The summed E-state index contributed by atoms with van der Waals surface area (Å²) in [5.41, 5.74) is 11.7. The maximum Gasteiger partial charge on any atom is 0.160 e. The van der Waals surface area contributed by atoms with E-state index in [-0.39, 0.29) is 26.3 Å². The molecule has 0 radical (unpaired) electrons. The molecule has 1 aliphatic heterocycles. The molecule has 7 rings (SSSR count). The largest absolute Gasteiger partial charge is 0.388 e. The van der Waals surface area contributed by atoms with E-state index in [0.717, 1.165) is 66.7 Å². The van der Waals surface area contributed by atoms with Crippen LogP contribution < -0.4 is 0 Å². The molecule has 3 aromatic carbocycles. The molecule has 3 unspecified atom stereocenters. The maximum absolute atomic E-state index is 11.6. The normalized spacial score (nSPS) is 22.7. The predicted octanol–water partition coefficient (Wildman–Crippen LogP) is 13.5. The minimum Gasteiger partial charge on any atom is -0.388 e. The van der Waals surface area contributed by atoms with E-state index in [4.69, 9.17) is 4.74 Å². The molecule has 3 fully saturated rings. The molecule has 54 heavy (non-hydrogen) atoms. The number of hydrogen-bond acceptors (Lipinski definition) is 3. The number of rotatable bonds is 10. The van der Waals surface area contributed by atoms with Crippen LogP contribution in [0.2, 0.25) is 0 Å². The number of ketones is 1. The third kappa shape index (κ3) is 9.78. The van der Waals surface area contributed by atoms with Gasteiger partial charge in [0.05, 0.1) is 6.10 Å². The SMILES string of the molecule is CC.CCc1cccc(C)c1C(C)=O.CCc1cccc(C)c1C1OC12CCC[C@H]2C(O)C1=CCC=C(/C=C/c2ccc(/C=C\C3CCCC3)cc2)C=C1.[HH].[HH]. The highest BCUT2D eigenvalue weighted by atomic mass is 16.6. The summed E-state index contributed by atoms with van der Waals surface area (Å²) in [4.78, 5) is 11.2. The average molecular weight is 729 g/mol. The van der Waals surface area contributed by atoms with E-state index in [1.165, 1.54) is 59.1 Å². The Labute approximate surface area is 329 Å². The maximum atomic E-state index is 11.6. The zero-order valence-corrected chi connectivity index (χ0v) is 34.0. The molecular formula is C51H68O3. The van der Waals surface area contributed by atoms with Crippen LogP contribution in [0.15, 0.2) is 108 Å². The Kier molecular flexibility index (Phi) is 14.9. The van der Waals surface area contributed by atoms with E-state index in [2.05, 4.69) is 112 Å². The lowest BCUT2D eigenvalue weighted by Gasteiger charge is -2.24. The van der Waals surface area contributed by atoms with Crippen molar-refractivity contribution in [2.45, 2.75) is 130 Å². The number of carbonyl (C=O) groups excluding carboxylic acids is 1. The number of Topliss-reactive ketones (excluding diaryl/α,β-unsaturated/α-hetero) is 1. The van der Waals surface area contributed by atoms with Gasteiger partial charge in [-0.15, -0.1) is 0 Å². The molecule has 3 nitrogen and oxygen atoms in total. The van der Waals surface area contributed by atoms with Gasteiger partial charge < -0.3 is 9.84 Å². The summed E-state index contributed by atoms with van der Waals surface area (Å²) in [6.07, 6.45) is 28.8. The number of ether oxygens (including phenoxy) is 1. The third-order valence-corrected chi connectivity index (χ3v) is 11.8. The fraction of sp³-hybridized carbons (Fsp3) is 0.431. The van der Waals surface area contributed by atoms with Crippen molar-refractivity contribution in [1.82, 2.24) is 0 Å². The summed E-state index contributed by atoms with van der Waals surface area (Å²) >= 11 is 0. The molecule has 3 aromatic rings. The predicted molar refractivity (Wildman–Crippen MR) is 233 cm³/mol. The summed E-state index contributed by atoms with van der Waals surface area (Å²) < 4.78 is 6.55. The molecule has 1 saturated heterocycles. The van der Waals surface area contributed by atoms with Crippen LogP contribution in [0.3, 0.4) is 0 Å². The molecule has 290 valence electrons. The summed E-state index contributed by atoms with van der Waals surface area (Å²) in [6, 6.07) is 21.4. The van der Waals surface area contributed by atoms with Gasteiger partial charge in [-0.2, -0.15) is 0 Å². The Morgan fingerprint density at radius 1 is 0.833 bits per heavy atom. The smallest absolute Gasteiger partial charge is 0.160 e. The topological polar surface area (TPSA) is 49.8 Å². The zero-order chi connectivity index (χ0) is 38.7. The van der Waals surface area contributed by atoms with Crippen LogP contribution in [0.1, 0.15) is 144 Å². The molecule has 0 aromatic heterocycles. The van der Waals surface area contributed by atoms with Gasteiger partial charge in [0.2, 0.25) is 0 Å². The van der Waals surface area contributed by atoms with Gasteiger partial charge in [0.25, 0.3) is 0 Å². The third-order valence-electron chi connectivity index (χ3n) is 11.8. The molecule has 1 heterocycles. The van der Waals surface area contributed by atoms with Crippen molar-refractivity contribution in [2.24, 2.45) is 11.8 Å². The minimum absolute atomic E-state index is 0. The van der Waals surface area contributed by atoms with Crippen LogP contribution in [0.25, 0.3) is 12.2 Å². The summed E-state index contributed by atoms with van der Waals surface area (Å²) in [5, 5.41) is 11.6. The zero-order valence-electron chi connectivity index (χ0n) is 34.0. The highest BCUT2D eigenvalue weighted by Crippen LogP contribution is 2.64. The van der Waals surface area contributed by atoms with Crippen LogP contribution >= 0.6 is 0 Å². The van der Waals surface area contributed by atoms with Gasteiger partial charge in [0, 0.05) is 14.3 Å². The average Bonchev–Trinajstić information content (AvgIpc) is 3.48. The molecule has 3 aliphatic carbocycles. The molecule has 0 bridgehead atoms. The Morgan fingerprint density at radius 2 is 1.48 bits per heavy atom. The first-order valence-electron chi connectivity index (χ1n) is 20.8. The minimum atomic E-state index is -0.501. The van der Waals surface area contributed by atoms with E-state index in [9.17, 15) is 9.90 Å². The van der Waals surface area contributed by atoms with E-state index < -0.39 is 6.10 Å². The molecule has 2 saturated carbocycles. The first-order valence-corrected chi connectivity index (χ1v) is 20.8. The van der Waals surface area contributed by atoms with E-state index in [0.29, 0.717) is 0 Å². The standard InChI is InChI=1S/C38H44O2.C11H14O.C2H6.2H2/c1-3-32-13-6-9-27(2)35(32)37-38(40-37)26-8-15-34(38)36(39)33-14-7-12-29(24-25-33)17-19-31-22-20-30(21-23-31)18-16-28-10-4-5-11-28;1-4-10-7-5-6-8(2)11(10)9(3)12;1-2;;/h6,9,12-14,16-25,28,34,36-37,39H,3-5,7-8,10-11,15,26H2,1-2H3;5-7H,4H2,1-3H3;1-2H3;2*1H/b18-16-,19-17+;;;;/t34-,36?,37?,38?;;;;/m0..../s1. The van der Waals surface area contributed by atoms with Crippen molar-refractivity contribution in [3.8, 4) is 0 Å². The molecule has 4 atom stereocenters. The highest BCUT2D eigenvalue weighted by molar-refractivity contribution is 5.97. The summed E-state index contributed by atoms with van der Waals surface area (Å²) in [6.45, 7) is 14.1. The van der Waals surface area contributed by atoms with Crippen molar-refractivity contribution in [1.29, 1.82) is 0 Å². The first-order chi connectivity index (χ1) is 26.2. The van der Waals surface area contributed by atoms with Crippen molar-refractivity contribution < 1.29 is 17.5 Å². The van der Waals surface area contributed by atoms with Crippen LogP contribution in [-0.4, -0.2) is 22.6 Å². The van der Waals surface area contributed by atoms with Crippen LogP contribution in [-0.2, 0) is 17.6 Å². The Hall–Kier alpha value is -4.05. The number of aliphatic hydroxyl groups excluding tert-OH is 1. The fourth-order valence-corrected chi connectivity index (χ4v) is 8.91. The van der Waals surface area contributed by atoms with E-state index >= 15 is 0 Å². The number of allylic oxidation sites excluding steroid dienone is 6. The molecule has 4 aliphatic rings. The molecular weight excluding hydrogens is 661 g/mol. The van der Waals surface area contributed by atoms with Gasteiger partial charge in [0.15, 0.2) is 5.78 Å². The lowest BCUT2D eigenvalue weighted by atomic mass is 9.81. The molecule has 0 amide bonds. The van der Waals surface area contributed by atoms with Gasteiger partial charge in [-0.25, -0.2) is 0 Å². The van der Waals surface area contributed by atoms with Crippen LogP contribution in [0, 0.1) is 25.7 Å². The fourth-order valence-electron chi connectivity index (χ4n) is 8.91. The monoisotopic (exact) mass is 729 g/mol. The first kappa shape index (κ1) is 41.1. The second-order valence-electron chi connectivity index (χ2n) is 15.3. The Morgan fingerprint density at radius 3 is 2.13 bits per heavy atom. The lowest BCUT2D eigenvalue weighted by Crippen LogP contribution is -2.32. The number of carbonyl (C=O) groups is 1. The van der Waals surface area contributed by atoms with Gasteiger partial charge >= 0.3 is 0 Å². The van der Waals surface area contributed by atoms with Gasteiger partial charge in [-0.05, 0) is 128 Å². The van der Waals surface area contributed by atoms with E-state index in [1.54, 1.807) is 6.92 Å². The number of benzene rings is 3. The van der Waals surface area contributed by atoms with Gasteiger partial charge in [-0.1, -0.05) is 150 Å². The van der Waals surface area contributed by atoms with Crippen molar-refractivity contribution in [3.63, 3.8) is 0 Å². The second-order valence-corrected chi connectivity index (χ2v) is 15.3. The number of aliphatic hydroxyl groups is 1. The summed E-state index contributed by atoms with van der Waals surface area (Å²) in [7, 11) is 0. The lowest BCUT2D eigenvalue weighted by molar-refractivity contribution is 0.0978. The summed E-state index contributed by atoms with van der Waals surface area (Å²) in [5.74, 6) is 1.07. The van der Waals surface area contributed by atoms with E-state index in [1.807, 2.05) is 39.0 Å².